The van der Waals surface area contributed by atoms with Gasteiger partial charge in [0.1, 0.15) is 5.92 Å². The lowest BCUT2D eigenvalue weighted by Crippen LogP contribution is -2.43. The fourth-order valence-electron chi connectivity index (χ4n) is 3.40. The quantitative estimate of drug-likeness (QED) is 0.817. The average Bonchev–Trinajstić information content (AvgIpc) is 3.14. The van der Waals surface area contributed by atoms with Crippen molar-refractivity contribution in [3.8, 4) is 0 Å². The maximum atomic E-state index is 12.7. The molecule has 1 fully saturated rings. The molecule has 1 amide bonds. The van der Waals surface area contributed by atoms with Gasteiger partial charge in [-0.15, -0.1) is 0 Å². The van der Waals surface area contributed by atoms with Crippen molar-refractivity contribution in [2.24, 2.45) is 11.8 Å². The molecule has 0 saturated carbocycles. The van der Waals surface area contributed by atoms with Crippen molar-refractivity contribution in [2.75, 3.05) is 0 Å². The Morgan fingerprint density at radius 2 is 1.78 bits per heavy atom. The lowest BCUT2D eigenvalue weighted by molar-refractivity contribution is -0.146. The average molecular weight is 315 g/mol. The molecule has 5 nitrogen and oxygen atoms in total. The van der Waals surface area contributed by atoms with Gasteiger partial charge >= 0.3 is 5.97 Å². The minimum Gasteiger partial charge on any atom is -0.481 e. The van der Waals surface area contributed by atoms with Gasteiger partial charge in [-0.05, 0) is 18.9 Å². The minimum absolute atomic E-state index is 0.124. The van der Waals surface area contributed by atoms with Crippen molar-refractivity contribution < 1.29 is 19.4 Å². The normalized spacial score (nSPS) is 29.5. The summed E-state index contributed by atoms with van der Waals surface area (Å²) >= 11 is 0. The number of aliphatic carboxylic acids is 1. The summed E-state index contributed by atoms with van der Waals surface area (Å²) in [6, 6.07) is 7.88. The number of nitrogens with one attached hydrogen (secondary N) is 1. The molecule has 1 aromatic carbocycles. The number of carboxylic acid groups (broad SMARTS) is 1. The Labute approximate surface area is 135 Å². The van der Waals surface area contributed by atoms with Crippen molar-refractivity contribution in [2.45, 2.75) is 38.5 Å². The Kier molecular flexibility index (Phi) is 4.22. The van der Waals surface area contributed by atoms with Crippen molar-refractivity contribution in [1.29, 1.82) is 0 Å². The number of amides is 1. The molecule has 1 saturated heterocycles. The predicted octanol–water partition coefficient (Wildman–Crippen LogP) is 2.22. The summed E-state index contributed by atoms with van der Waals surface area (Å²) in [4.78, 5) is 24.1. The molecule has 0 aromatic heterocycles. The highest BCUT2D eigenvalue weighted by molar-refractivity contribution is 5.87. The second-order valence-corrected chi connectivity index (χ2v) is 6.22. The van der Waals surface area contributed by atoms with Gasteiger partial charge in [-0.2, -0.15) is 0 Å². The first-order valence-corrected chi connectivity index (χ1v) is 7.94. The third kappa shape index (κ3) is 2.88. The number of hydrogen-bond donors (Lipinski definition) is 2. The van der Waals surface area contributed by atoms with E-state index >= 15 is 0 Å². The molecule has 0 aliphatic carbocycles. The van der Waals surface area contributed by atoms with Crippen LogP contribution in [0.15, 0.2) is 36.4 Å². The molecule has 23 heavy (non-hydrogen) atoms. The monoisotopic (exact) mass is 315 g/mol. The first-order valence-electron chi connectivity index (χ1n) is 7.94. The Morgan fingerprint density at radius 1 is 1.17 bits per heavy atom. The third-order valence-electron chi connectivity index (χ3n) is 4.69. The van der Waals surface area contributed by atoms with Crippen molar-refractivity contribution in [3.05, 3.63) is 47.5 Å². The van der Waals surface area contributed by atoms with Gasteiger partial charge < -0.3 is 15.2 Å². The summed E-state index contributed by atoms with van der Waals surface area (Å²) in [5, 5.41) is 12.4. The zero-order chi connectivity index (χ0) is 16.6. The Balaban J connectivity index is 1.76. The number of rotatable bonds is 5. The first-order chi connectivity index (χ1) is 11.0. The van der Waals surface area contributed by atoms with Gasteiger partial charge in [0.15, 0.2) is 0 Å². The molecular weight excluding hydrogens is 294 g/mol. The van der Waals surface area contributed by atoms with Gasteiger partial charge in [-0.3, -0.25) is 9.59 Å². The van der Waals surface area contributed by atoms with Crippen LogP contribution in [0.4, 0.5) is 0 Å². The van der Waals surface area contributed by atoms with Crippen LogP contribution in [0, 0.1) is 18.8 Å². The summed E-state index contributed by atoms with van der Waals surface area (Å²) in [6.07, 6.45) is 3.35. The molecule has 2 bridgehead atoms. The van der Waals surface area contributed by atoms with E-state index in [1.807, 2.05) is 38.1 Å². The molecule has 5 atom stereocenters. The molecule has 0 radical (unpaired) electrons. The Bertz CT molecular complexity index is 637. The summed E-state index contributed by atoms with van der Waals surface area (Å²) in [5.41, 5.74) is 2.19. The third-order valence-corrected chi connectivity index (χ3v) is 4.69. The van der Waals surface area contributed by atoms with Crippen LogP contribution in [0.3, 0.4) is 0 Å². The fourth-order valence-corrected chi connectivity index (χ4v) is 3.40. The molecule has 2 N–H and O–H groups in total. The number of aryl methyl sites for hydroxylation is 1. The SMILES string of the molecule is CCC(NC(=O)C1C2C=CC(O2)C1C(=O)O)c1ccc(C)cc1. The molecule has 122 valence electrons. The number of benzene rings is 1. The summed E-state index contributed by atoms with van der Waals surface area (Å²) in [6.45, 7) is 4.01. The van der Waals surface area contributed by atoms with Crippen molar-refractivity contribution >= 4 is 11.9 Å². The highest BCUT2D eigenvalue weighted by atomic mass is 16.5. The zero-order valence-corrected chi connectivity index (χ0v) is 13.2. The number of hydrogen-bond acceptors (Lipinski definition) is 3. The van der Waals surface area contributed by atoms with E-state index in [1.165, 1.54) is 0 Å². The van der Waals surface area contributed by atoms with Crippen LogP contribution in [-0.4, -0.2) is 29.2 Å². The Hall–Kier alpha value is -2.14. The number of ether oxygens (including phenoxy) is 1. The first kappa shape index (κ1) is 15.7. The highest BCUT2D eigenvalue weighted by Crippen LogP contribution is 2.39. The van der Waals surface area contributed by atoms with Gasteiger partial charge in [0.25, 0.3) is 0 Å². The van der Waals surface area contributed by atoms with E-state index < -0.39 is 30.0 Å². The molecule has 5 unspecified atom stereocenters. The summed E-state index contributed by atoms with van der Waals surface area (Å²) in [5.74, 6) is -2.70. The van der Waals surface area contributed by atoms with Crippen LogP contribution < -0.4 is 5.32 Å². The molecular formula is C18H21NO4. The number of fused-ring (bicyclic) bond motifs is 2. The lowest BCUT2D eigenvalue weighted by Gasteiger charge is -2.25. The molecule has 2 aliphatic heterocycles. The van der Waals surface area contributed by atoms with E-state index in [-0.39, 0.29) is 11.9 Å². The second kappa shape index (κ2) is 6.16. The standard InChI is InChI=1S/C18H21NO4/c1-3-12(11-6-4-10(2)5-7-11)19-17(20)15-13-8-9-14(23-13)16(15)18(21)22/h4-9,12-16H,3H2,1-2H3,(H,19,20)(H,21,22). The van der Waals surface area contributed by atoms with Gasteiger partial charge in [0.2, 0.25) is 5.91 Å². The maximum Gasteiger partial charge on any atom is 0.310 e. The lowest BCUT2D eigenvalue weighted by atomic mass is 9.82. The second-order valence-electron chi connectivity index (χ2n) is 6.22. The summed E-state index contributed by atoms with van der Waals surface area (Å²) in [7, 11) is 0. The van der Waals surface area contributed by atoms with E-state index in [4.69, 9.17) is 4.74 Å². The van der Waals surface area contributed by atoms with Crippen LogP contribution >= 0.6 is 0 Å². The largest absolute Gasteiger partial charge is 0.481 e. The van der Waals surface area contributed by atoms with Gasteiger partial charge in [0.05, 0.1) is 24.2 Å². The van der Waals surface area contributed by atoms with Crippen LogP contribution in [0.25, 0.3) is 0 Å². The van der Waals surface area contributed by atoms with E-state index in [0.29, 0.717) is 0 Å². The van der Waals surface area contributed by atoms with Crippen LogP contribution in [-0.2, 0) is 14.3 Å². The van der Waals surface area contributed by atoms with Crippen LogP contribution in [0.1, 0.15) is 30.5 Å². The van der Waals surface area contributed by atoms with E-state index in [2.05, 4.69) is 5.32 Å². The minimum atomic E-state index is -0.981. The van der Waals surface area contributed by atoms with Gasteiger partial charge in [0, 0.05) is 0 Å². The molecule has 0 spiro atoms. The van der Waals surface area contributed by atoms with Crippen LogP contribution in [0.5, 0.6) is 0 Å². The van der Waals surface area contributed by atoms with Crippen molar-refractivity contribution in [1.82, 2.24) is 5.32 Å². The molecule has 3 rings (SSSR count). The molecule has 2 aliphatic rings. The topological polar surface area (TPSA) is 75.6 Å². The maximum absolute atomic E-state index is 12.7. The molecule has 5 heteroatoms. The molecule has 2 heterocycles. The van der Waals surface area contributed by atoms with E-state index in [9.17, 15) is 14.7 Å². The van der Waals surface area contributed by atoms with E-state index in [1.54, 1.807) is 12.2 Å². The molecule has 1 aromatic rings. The zero-order valence-electron chi connectivity index (χ0n) is 13.2. The smallest absolute Gasteiger partial charge is 0.310 e. The van der Waals surface area contributed by atoms with Gasteiger partial charge in [-0.1, -0.05) is 48.9 Å². The van der Waals surface area contributed by atoms with Gasteiger partial charge in [-0.25, -0.2) is 0 Å². The number of carbonyl (C=O) groups is 2. The van der Waals surface area contributed by atoms with E-state index in [0.717, 1.165) is 17.5 Å². The Morgan fingerprint density at radius 3 is 2.35 bits per heavy atom. The predicted molar refractivity (Wildman–Crippen MR) is 84.8 cm³/mol. The van der Waals surface area contributed by atoms with Crippen molar-refractivity contribution in [3.63, 3.8) is 0 Å². The number of carbonyl (C=O) groups excluding carboxylic acids is 1. The highest BCUT2D eigenvalue weighted by Gasteiger charge is 2.53. The fraction of sp³-hybridized carbons (Fsp3) is 0.444. The van der Waals surface area contributed by atoms with Crippen LogP contribution in [0.2, 0.25) is 0 Å². The summed E-state index contributed by atoms with van der Waals surface area (Å²) < 4.78 is 5.56. The number of carboxylic acids is 1.